The maximum Gasteiger partial charge on any atom is 0.326 e. The molecule has 2 unspecified atom stereocenters. The molecule has 1 rings (SSSR count). The fourth-order valence-corrected chi connectivity index (χ4v) is 2.23. The van der Waals surface area contributed by atoms with Gasteiger partial charge in [-0.25, -0.2) is 9.59 Å². The summed E-state index contributed by atoms with van der Waals surface area (Å²) >= 11 is 0. The quantitative estimate of drug-likeness (QED) is 0.629. The predicted molar refractivity (Wildman–Crippen MR) is 77.8 cm³/mol. The van der Waals surface area contributed by atoms with Crippen molar-refractivity contribution in [1.29, 1.82) is 0 Å². The number of carbonyl (C=O) groups excluding carboxylic acids is 2. The SMILES string of the molecule is C=CCC(NC(=O)NC(C)C(=O)N1CCCCC1)C(=O)O. The van der Waals surface area contributed by atoms with Crippen LogP contribution in [0.1, 0.15) is 32.6 Å². The largest absolute Gasteiger partial charge is 0.480 e. The molecule has 7 heteroatoms. The van der Waals surface area contributed by atoms with Crippen molar-refractivity contribution < 1.29 is 19.5 Å². The summed E-state index contributed by atoms with van der Waals surface area (Å²) in [5, 5.41) is 13.7. The second-order valence-electron chi connectivity index (χ2n) is 5.14. The fraction of sp³-hybridized carbons (Fsp3) is 0.643. The number of hydrogen-bond donors (Lipinski definition) is 3. The first kappa shape index (κ1) is 17.0. The number of carbonyl (C=O) groups is 3. The Hall–Kier alpha value is -2.05. The molecular formula is C14H23N3O4. The Balaban J connectivity index is 2.46. The molecule has 3 amide bonds. The van der Waals surface area contributed by atoms with Crippen molar-refractivity contribution in [3.05, 3.63) is 12.7 Å². The topological polar surface area (TPSA) is 98.7 Å². The van der Waals surface area contributed by atoms with Crippen LogP contribution in [0, 0.1) is 0 Å². The van der Waals surface area contributed by atoms with E-state index in [0.29, 0.717) is 13.1 Å². The third-order valence-electron chi connectivity index (χ3n) is 3.39. The van der Waals surface area contributed by atoms with Gasteiger partial charge >= 0.3 is 12.0 Å². The van der Waals surface area contributed by atoms with Crippen LogP contribution in [0.15, 0.2) is 12.7 Å². The van der Waals surface area contributed by atoms with E-state index in [-0.39, 0.29) is 12.3 Å². The number of carboxylic acids is 1. The zero-order valence-electron chi connectivity index (χ0n) is 12.3. The van der Waals surface area contributed by atoms with E-state index in [2.05, 4.69) is 17.2 Å². The smallest absolute Gasteiger partial charge is 0.326 e. The summed E-state index contributed by atoms with van der Waals surface area (Å²) in [6.45, 7) is 6.46. The predicted octanol–water partition coefficient (Wildman–Crippen LogP) is 0.716. The van der Waals surface area contributed by atoms with E-state index >= 15 is 0 Å². The molecule has 0 bridgehead atoms. The van der Waals surface area contributed by atoms with E-state index in [9.17, 15) is 14.4 Å². The molecule has 118 valence electrons. The maximum absolute atomic E-state index is 12.1. The Bertz CT molecular complexity index is 405. The van der Waals surface area contributed by atoms with Gasteiger partial charge in [0.2, 0.25) is 5.91 Å². The van der Waals surface area contributed by atoms with E-state index in [1.807, 2.05) is 0 Å². The molecule has 0 saturated carbocycles. The second-order valence-corrected chi connectivity index (χ2v) is 5.14. The second kappa shape index (κ2) is 8.28. The maximum atomic E-state index is 12.1. The van der Waals surface area contributed by atoms with Gasteiger partial charge in [-0.15, -0.1) is 6.58 Å². The summed E-state index contributed by atoms with van der Waals surface area (Å²) in [5.41, 5.74) is 0. The van der Waals surface area contributed by atoms with Crippen molar-refractivity contribution in [2.24, 2.45) is 0 Å². The molecule has 0 aliphatic carbocycles. The van der Waals surface area contributed by atoms with Crippen molar-refractivity contribution in [1.82, 2.24) is 15.5 Å². The van der Waals surface area contributed by atoms with Crippen LogP contribution in [0.3, 0.4) is 0 Å². The molecule has 1 saturated heterocycles. The van der Waals surface area contributed by atoms with Crippen LogP contribution in [0.4, 0.5) is 4.79 Å². The van der Waals surface area contributed by atoms with Gasteiger partial charge in [0.15, 0.2) is 0 Å². The Kier molecular flexibility index (Phi) is 6.71. The van der Waals surface area contributed by atoms with Crippen molar-refractivity contribution in [3.63, 3.8) is 0 Å². The summed E-state index contributed by atoms with van der Waals surface area (Å²) in [6, 6.07) is -2.39. The molecule has 21 heavy (non-hydrogen) atoms. The van der Waals surface area contributed by atoms with E-state index < -0.39 is 24.1 Å². The number of likely N-dealkylation sites (tertiary alicyclic amines) is 1. The number of nitrogens with one attached hydrogen (secondary N) is 2. The Labute approximate surface area is 124 Å². The van der Waals surface area contributed by atoms with Crippen LogP contribution in [-0.2, 0) is 9.59 Å². The van der Waals surface area contributed by atoms with Crippen molar-refractivity contribution >= 4 is 17.9 Å². The zero-order chi connectivity index (χ0) is 15.8. The van der Waals surface area contributed by atoms with Gasteiger partial charge in [-0.05, 0) is 32.6 Å². The van der Waals surface area contributed by atoms with Gasteiger partial charge in [-0.2, -0.15) is 0 Å². The standard InChI is InChI=1S/C14H23N3O4/c1-3-7-11(13(19)20)16-14(21)15-10(2)12(18)17-8-5-4-6-9-17/h3,10-11H,1,4-9H2,2H3,(H,19,20)(H2,15,16,21). The minimum Gasteiger partial charge on any atom is -0.480 e. The van der Waals surface area contributed by atoms with E-state index in [1.54, 1.807) is 11.8 Å². The Morgan fingerprint density at radius 3 is 2.38 bits per heavy atom. The van der Waals surface area contributed by atoms with Crippen molar-refractivity contribution in [2.45, 2.75) is 44.7 Å². The average molecular weight is 297 g/mol. The number of urea groups is 1. The fourth-order valence-electron chi connectivity index (χ4n) is 2.23. The van der Waals surface area contributed by atoms with Crippen LogP contribution in [0.2, 0.25) is 0 Å². The van der Waals surface area contributed by atoms with Gasteiger partial charge in [0.1, 0.15) is 12.1 Å². The van der Waals surface area contributed by atoms with Gasteiger partial charge in [-0.3, -0.25) is 4.79 Å². The molecule has 0 aromatic rings. The van der Waals surface area contributed by atoms with Gasteiger partial charge in [0.05, 0.1) is 0 Å². The van der Waals surface area contributed by atoms with Gasteiger partial charge in [0, 0.05) is 13.1 Å². The molecule has 1 aliphatic rings. The molecule has 0 aromatic carbocycles. The molecule has 7 nitrogen and oxygen atoms in total. The van der Waals surface area contributed by atoms with Crippen LogP contribution < -0.4 is 10.6 Å². The zero-order valence-corrected chi connectivity index (χ0v) is 12.3. The summed E-state index contributed by atoms with van der Waals surface area (Å²) in [6.07, 6.45) is 4.61. The third-order valence-corrected chi connectivity index (χ3v) is 3.39. The lowest BCUT2D eigenvalue weighted by Crippen LogP contribution is -2.53. The highest BCUT2D eigenvalue weighted by Crippen LogP contribution is 2.09. The van der Waals surface area contributed by atoms with Crippen molar-refractivity contribution in [2.75, 3.05) is 13.1 Å². The summed E-state index contributed by atoms with van der Waals surface area (Å²) in [5.74, 6) is -1.28. The normalized spacial score (nSPS) is 17.5. The summed E-state index contributed by atoms with van der Waals surface area (Å²) in [4.78, 5) is 36.5. The highest BCUT2D eigenvalue weighted by Gasteiger charge is 2.25. The number of piperidine rings is 1. The Morgan fingerprint density at radius 2 is 1.86 bits per heavy atom. The molecule has 1 fully saturated rings. The number of rotatable bonds is 6. The van der Waals surface area contributed by atoms with Crippen LogP contribution in [0.25, 0.3) is 0 Å². The minimum absolute atomic E-state index is 0.122. The highest BCUT2D eigenvalue weighted by molar-refractivity contribution is 5.88. The van der Waals surface area contributed by atoms with Crippen molar-refractivity contribution in [3.8, 4) is 0 Å². The summed E-state index contributed by atoms with van der Waals surface area (Å²) in [7, 11) is 0. The first-order valence-corrected chi connectivity index (χ1v) is 7.15. The summed E-state index contributed by atoms with van der Waals surface area (Å²) < 4.78 is 0. The lowest BCUT2D eigenvalue weighted by molar-refractivity contribution is -0.139. The van der Waals surface area contributed by atoms with Crippen LogP contribution in [0.5, 0.6) is 0 Å². The van der Waals surface area contributed by atoms with Crippen LogP contribution >= 0.6 is 0 Å². The van der Waals surface area contributed by atoms with Gasteiger partial charge in [-0.1, -0.05) is 6.08 Å². The molecule has 1 heterocycles. The van der Waals surface area contributed by atoms with Gasteiger partial charge < -0.3 is 20.6 Å². The average Bonchev–Trinajstić information content (AvgIpc) is 2.46. The Morgan fingerprint density at radius 1 is 1.24 bits per heavy atom. The number of amides is 3. The highest BCUT2D eigenvalue weighted by atomic mass is 16.4. The molecule has 1 aliphatic heterocycles. The number of carboxylic acid groups (broad SMARTS) is 1. The lowest BCUT2D eigenvalue weighted by atomic mass is 10.1. The molecule has 2 atom stereocenters. The number of hydrogen-bond acceptors (Lipinski definition) is 3. The third kappa shape index (κ3) is 5.45. The van der Waals surface area contributed by atoms with Crippen LogP contribution in [-0.4, -0.2) is 53.1 Å². The molecule has 3 N–H and O–H groups in total. The molecule has 0 radical (unpaired) electrons. The minimum atomic E-state index is -1.14. The molecular weight excluding hydrogens is 274 g/mol. The molecule has 0 aromatic heterocycles. The number of aliphatic carboxylic acids is 1. The van der Waals surface area contributed by atoms with E-state index in [1.165, 1.54) is 6.08 Å². The molecule has 0 spiro atoms. The first-order chi connectivity index (χ1) is 9.95. The monoisotopic (exact) mass is 297 g/mol. The first-order valence-electron chi connectivity index (χ1n) is 7.15. The lowest BCUT2D eigenvalue weighted by Gasteiger charge is -2.29. The number of nitrogens with zero attached hydrogens (tertiary/aromatic N) is 1. The van der Waals surface area contributed by atoms with E-state index in [0.717, 1.165) is 19.3 Å². The van der Waals surface area contributed by atoms with Gasteiger partial charge in [0.25, 0.3) is 0 Å². The van der Waals surface area contributed by atoms with E-state index in [4.69, 9.17) is 5.11 Å².